The molecule has 4 unspecified atom stereocenters. The number of fused-ring (bicyclic) bond motifs is 4. The van der Waals surface area contributed by atoms with Crippen LogP contribution in [0.2, 0.25) is 0 Å². The van der Waals surface area contributed by atoms with Gasteiger partial charge in [0.2, 0.25) is 11.8 Å². The molecule has 17 nitrogen and oxygen atoms in total. The monoisotopic (exact) mass is 1040 g/mol. The van der Waals surface area contributed by atoms with Gasteiger partial charge in [-0.25, -0.2) is 4.39 Å². The van der Waals surface area contributed by atoms with Crippen LogP contribution in [0, 0.1) is 11.7 Å². The third-order valence-electron chi connectivity index (χ3n) is 15.3. The highest BCUT2D eigenvalue weighted by atomic mass is 19.1. The summed E-state index contributed by atoms with van der Waals surface area (Å²) in [6, 6.07) is 20.8. The minimum Gasteiger partial charge on any atom is -0.508 e. The minimum atomic E-state index is -0.579. The molecule has 2 bridgehead atoms. The topological polar surface area (TPSA) is 189 Å². The lowest BCUT2D eigenvalue weighted by Crippen LogP contribution is -2.51. The van der Waals surface area contributed by atoms with E-state index in [0.717, 1.165) is 97.9 Å². The fourth-order valence-corrected chi connectivity index (χ4v) is 11.3. The Labute approximate surface area is 443 Å². The molecule has 0 radical (unpaired) electrons. The summed E-state index contributed by atoms with van der Waals surface area (Å²) in [6.07, 6.45) is 10.7. The summed E-state index contributed by atoms with van der Waals surface area (Å²) in [6.45, 7) is 13.3. The van der Waals surface area contributed by atoms with E-state index in [1.165, 1.54) is 6.42 Å². The van der Waals surface area contributed by atoms with Crippen molar-refractivity contribution in [1.29, 1.82) is 0 Å². The van der Waals surface area contributed by atoms with Gasteiger partial charge >= 0.3 is 6.01 Å². The number of carbonyl (C=O) groups excluding carboxylic acids is 2. The number of benzene rings is 3. The van der Waals surface area contributed by atoms with Crippen molar-refractivity contribution in [3.8, 4) is 40.2 Å². The Bertz CT molecular complexity index is 3140. The van der Waals surface area contributed by atoms with Crippen LogP contribution >= 0.6 is 0 Å². The Morgan fingerprint density at radius 3 is 2.46 bits per heavy atom. The molecule has 400 valence electrons. The van der Waals surface area contributed by atoms with Crippen molar-refractivity contribution in [2.75, 3.05) is 57.4 Å². The molecule has 4 saturated heterocycles. The van der Waals surface area contributed by atoms with Crippen LogP contribution in [-0.4, -0.2) is 127 Å². The van der Waals surface area contributed by atoms with Crippen LogP contribution in [0.5, 0.6) is 17.6 Å². The Kier molecular flexibility index (Phi) is 16.1. The van der Waals surface area contributed by atoms with E-state index in [0.29, 0.717) is 79.1 Å². The number of carbonyl (C=O) groups is 2. The normalized spacial score (nSPS) is 19.2. The van der Waals surface area contributed by atoms with Crippen LogP contribution in [0.4, 0.5) is 10.2 Å². The second-order valence-electron chi connectivity index (χ2n) is 20.8. The molecule has 4 atom stereocenters. The van der Waals surface area contributed by atoms with E-state index in [2.05, 4.69) is 51.5 Å². The van der Waals surface area contributed by atoms with Gasteiger partial charge in [-0.15, -0.1) is 0 Å². The lowest BCUT2D eigenvalue weighted by atomic mass is 9.95. The van der Waals surface area contributed by atoms with Crippen molar-refractivity contribution in [1.82, 2.24) is 50.3 Å². The number of amides is 2. The number of aryl methyl sites for hydroxylation is 2. The third-order valence-corrected chi connectivity index (χ3v) is 15.3. The summed E-state index contributed by atoms with van der Waals surface area (Å²) in [5.74, 6) is 0.736. The molecule has 18 heteroatoms. The molecule has 4 aliphatic rings. The van der Waals surface area contributed by atoms with Crippen LogP contribution < -0.4 is 25.0 Å². The molecule has 0 aliphatic carbocycles. The van der Waals surface area contributed by atoms with Gasteiger partial charge in [-0.05, 0) is 122 Å². The Morgan fingerprint density at radius 2 is 1.72 bits per heavy atom. The van der Waals surface area contributed by atoms with Gasteiger partial charge in [0, 0.05) is 69.3 Å². The number of aromatic nitrogens is 6. The number of aromatic hydroxyl groups is 1. The molecule has 11 rings (SSSR count). The van der Waals surface area contributed by atoms with Crippen molar-refractivity contribution in [3.05, 3.63) is 102 Å². The number of ether oxygens (including phenoxy) is 2. The molecule has 4 aromatic heterocycles. The first-order valence-electron chi connectivity index (χ1n) is 27.2. The maximum atomic E-state index is 17.0. The summed E-state index contributed by atoms with van der Waals surface area (Å²) in [4.78, 5) is 47.5. The number of phenols is 1. The van der Waals surface area contributed by atoms with E-state index in [1.807, 2.05) is 67.2 Å². The molecule has 2 amide bonds. The number of halogens is 1. The second kappa shape index (κ2) is 23.4. The average molecular weight is 1040 g/mol. The van der Waals surface area contributed by atoms with Crippen LogP contribution in [0.1, 0.15) is 95.6 Å². The molecule has 3 N–H and O–H groups in total. The minimum absolute atomic E-state index is 0.0165. The summed E-state index contributed by atoms with van der Waals surface area (Å²) in [5.41, 5.74) is 4.83. The lowest BCUT2D eigenvalue weighted by Gasteiger charge is -2.34. The number of likely N-dealkylation sites (tertiary alicyclic amines) is 2. The fraction of sp³-hybridized carbons (Fsp3) is 0.466. The SMILES string of the molecule is CCC.CCc1cccc2cc(O)cc(-c3ncc4c(N5CC6CCC(C5)N6)nc(OCCN5CCC(COc6cc(CC(=O)N7CCCC7C(=O)NC(C)c7ccc(-c8ccnn8C)cc7)on6)CC5)nc4c3F)c12. The Balaban J connectivity index is 0.00000214. The van der Waals surface area contributed by atoms with Crippen molar-refractivity contribution >= 4 is 39.3 Å². The van der Waals surface area contributed by atoms with Gasteiger partial charge in [0.15, 0.2) is 5.82 Å². The second-order valence-corrected chi connectivity index (χ2v) is 20.8. The highest BCUT2D eigenvalue weighted by Crippen LogP contribution is 2.39. The van der Waals surface area contributed by atoms with Gasteiger partial charge < -0.3 is 39.5 Å². The average Bonchev–Trinajstić information content (AvgIpc) is 4.29. The highest BCUT2D eigenvalue weighted by Gasteiger charge is 2.36. The molecule has 0 spiro atoms. The third kappa shape index (κ3) is 11.5. The molecule has 4 fully saturated rings. The van der Waals surface area contributed by atoms with Gasteiger partial charge in [-0.1, -0.05) is 69.7 Å². The fourth-order valence-electron chi connectivity index (χ4n) is 11.3. The van der Waals surface area contributed by atoms with Gasteiger partial charge in [0.25, 0.3) is 5.88 Å². The Morgan fingerprint density at radius 1 is 0.947 bits per heavy atom. The quantitative estimate of drug-likeness (QED) is 0.0835. The standard InChI is InChI=1S/C55H62FN11O6.C3H8/c1-4-35-7-5-8-38-25-41(68)26-43(49(35)38)51-50(56)52-44(29-57-51)53(66-30-39-14-15-40(31-66)60-39)62-55(61-52)71-24-23-65-21-17-34(18-22-65)32-72-47-27-42(73-63-47)28-48(69)67-20-6-9-46(67)54(70)59-33(2)36-10-12-37(13-11-36)45-16-19-58-64(45)3;1-3-2/h5,7-8,10-13,16,19,25-27,29,33-34,39-40,46,60,68H,4,6,9,14-15,17-18,20-24,28,30-32H2,1-3H3,(H,59,70);3H2,1-2H3. The summed E-state index contributed by atoms with van der Waals surface area (Å²) in [5, 5.41) is 28.1. The first kappa shape index (κ1) is 52.3. The summed E-state index contributed by atoms with van der Waals surface area (Å²) < 4.78 is 36.8. The van der Waals surface area contributed by atoms with Crippen molar-refractivity contribution in [3.63, 3.8) is 0 Å². The number of hydrogen-bond donors (Lipinski definition) is 3. The lowest BCUT2D eigenvalue weighted by molar-refractivity contribution is -0.138. The zero-order valence-corrected chi connectivity index (χ0v) is 44.3. The number of pyridine rings is 1. The zero-order chi connectivity index (χ0) is 52.9. The van der Waals surface area contributed by atoms with Gasteiger partial charge in [0.05, 0.1) is 30.1 Å². The van der Waals surface area contributed by atoms with E-state index in [4.69, 9.17) is 28.9 Å². The molecule has 8 heterocycles. The smallest absolute Gasteiger partial charge is 0.319 e. The maximum Gasteiger partial charge on any atom is 0.319 e. The van der Waals surface area contributed by atoms with Gasteiger partial charge in [-0.2, -0.15) is 15.1 Å². The van der Waals surface area contributed by atoms with Gasteiger partial charge in [0.1, 0.15) is 41.2 Å². The largest absolute Gasteiger partial charge is 0.508 e. The van der Waals surface area contributed by atoms with Crippen molar-refractivity contribution in [2.45, 2.75) is 110 Å². The molecule has 7 aromatic rings. The molecular weight excluding hydrogens is 966 g/mol. The number of anilines is 1. The van der Waals surface area contributed by atoms with E-state index >= 15 is 4.39 Å². The summed E-state index contributed by atoms with van der Waals surface area (Å²) >= 11 is 0. The number of piperazine rings is 1. The zero-order valence-electron chi connectivity index (χ0n) is 44.3. The van der Waals surface area contributed by atoms with Gasteiger partial charge in [-0.3, -0.25) is 24.2 Å². The number of piperidine rings is 1. The molecule has 0 saturated carbocycles. The highest BCUT2D eigenvalue weighted by molar-refractivity contribution is 6.01. The number of nitrogens with zero attached hydrogens (tertiary/aromatic N) is 9. The number of rotatable bonds is 16. The van der Waals surface area contributed by atoms with E-state index in [-0.39, 0.29) is 47.2 Å². The van der Waals surface area contributed by atoms with E-state index in [1.54, 1.807) is 35.5 Å². The van der Waals surface area contributed by atoms with Crippen LogP contribution in [0.3, 0.4) is 0 Å². The molecule has 4 aliphatic heterocycles. The predicted molar refractivity (Wildman–Crippen MR) is 290 cm³/mol. The summed E-state index contributed by atoms with van der Waals surface area (Å²) in [7, 11) is 1.90. The molecular formula is C58H70FN11O6. The predicted octanol–water partition coefficient (Wildman–Crippen LogP) is 8.58. The van der Waals surface area contributed by atoms with Crippen LogP contribution in [-0.2, 0) is 29.5 Å². The van der Waals surface area contributed by atoms with E-state index in [9.17, 15) is 14.7 Å². The van der Waals surface area contributed by atoms with Crippen molar-refractivity contribution < 1.29 is 33.1 Å². The maximum absolute atomic E-state index is 17.0. The molecule has 3 aromatic carbocycles. The number of nitrogens with one attached hydrogen (secondary N) is 2. The van der Waals surface area contributed by atoms with Crippen LogP contribution in [0.15, 0.2) is 83.6 Å². The van der Waals surface area contributed by atoms with E-state index < -0.39 is 11.9 Å². The number of phenolic OH excluding ortho intramolecular Hbond substituents is 1. The van der Waals surface area contributed by atoms with Crippen molar-refractivity contribution in [2.24, 2.45) is 13.0 Å². The van der Waals surface area contributed by atoms with Crippen LogP contribution in [0.25, 0.3) is 44.2 Å². The number of hydrogen-bond acceptors (Lipinski definition) is 14. The first-order chi connectivity index (χ1) is 37.0. The first-order valence-corrected chi connectivity index (χ1v) is 27.2. The molecule has 76 heavy (non-hydrogen) atoms. The Hall–Kier alpha value is -7.18.